The quantitative estimate of drug-likeness (QED) is 0.653. The van der Waals surface area contributed by atoms with Gasteiger partial charge in [-0.1, -0.05) is 0 Å². The van der Waals surface area contributed by atoms with Crippen molar-refractivity contribution in [2.75, 3.05) is 39.3 Å². The maximum absolute atomic E-state index is 12.1. The number of nitrogens with zero attached hydrogens (tertiary/aromatic N) is 2. The molecule has 1 amide bonds. The smallest absolute Gasteiger partial charge is 0.228 e. The standard InChI is InChI=1S/C14H29N2O/c1-4-16(5-2,6-3)13-10-14(17)15-11-8-7-9-12-15/h4-13H2,1-3H3/q+1. The van der Waals surface area contributed by atoms with E-state index in [2.05, 4.69) is 25.7 Å². The van der Waals surface area contributed by atoms with Gasteiger partial charge in [-0.2, -0.15) is 0 Å². The number of carbonyl (C=O) groups is 1. The SMILES string of the molecule is CC[N+](CC)(CC)CCC(=O)N1CCCCC1. The van der Waals surface area contributed by atoms with Gasteiger partial charge in [-0.05, 0) is 40.0 Å². The van der Waals surface area contributed by atoms with Crippen LogP contribution in [-0.2, 0) is 4.79 Å². The zero-order chi connectivity index (χ0) is 12.7. The lowest BCUT2D eigenvalue weighted by atomic mass is 10.1. The van der Waals surface area contributed by atoms with Crippen molar-refractivity contribution in [2.24, 2.45) is 0 Å². The molecular formula is C14H29N2O+. The molecule has 0 bridgehead atoms. The van der Waals surface area contributed by atoms with Crippen LogP contribution in [0.4, 0.5) is 0 Å². The molecular weight excluding hydrogens is 212 g/mol. The Hall–Kier alpha value is -0.570. The van der Waals surface area contributed by atoms with E-state index in [-0.39, 0.29) is 0 Å². The molecule has 1 heterocycles. The second-order valence-electron chi connectivity index (χ2n) is 5.21. The first kappa shape index (κ1) is 14.5. The number of quaternary nitrogens is 1. The summed E-state index contributed by atoms with van der Waals surface area (Å²) < 4.78 is 1.08. The van der Waals surface area contributed by atoms with Crippen LogP contribution in [-0.4, -0.2) is 54.6 Å². The molecule has 1 rings (SSSR count). The van der Waals surface area contributed by atoms with E-state index < -0.39 is 0 Å². The Labute approximate surface area is 106 Å². The molecule has 0 aromatic rings. The molecule has 1 aliphatic heterocycles. The zero-order valence-electron chi connectivity index (χ0n) is 11.9. The van der Waals surface area contributed by atoms with Crippen LogP contribution in [0.1, 0.15) is 46.5 Å². The summed E-state index contributed by atoms with van der Waals surface area (Å²) in [4.78, 5) is 14.2. The molecule has 3 heteroatoms. The molecule has 0 unspecified atom stereocenters. The van der Waals surface area contributed by atoms with Crippen molar-refractivity contribution in [2.45, 2.75) is 46.5 Å². The first-order valence-corrected chi connectivity index (χ1v) is 7.30. The van der Waals surface area contributed by atoms with Crippen molar-refractivity contribution < 1.29 is 9.28 Å². The highest BCUT2D eigenvalue weighted by Gasteiger charge is 2.24. The zero-order valence-corrected chi connectivity index (χ0v) is 11.9. The van der Waals surface area contributed by atoms with E-state index in [0.717, 1.165) is 50.2 Å². The molecule has 0 aromatic heterocycles. The van der Waals surface area contributed by atoms with Crippen LogP contribution >= 0.6 is 0 Å². The summed E-state index contributed by atoms with van der Waals surface area (Å²) in [6, 6.07) is 0. The van der Waals surface area contributed by atoms with E-state index in [1.807, 2.05) is 0 Å². The maximum atomic E-state index is 12.1. The monoisotopic (exact) mass is 241 g/mol. The highest BCUT2D eigenvalue weighted by atomic mass is 16.2. The Bertz CT molecular complexity index is 222. The van der Waals surface area contributed by atoms with Gasteiger partial charge in [-0.15, -0.1) is 0 Å². The molecule has 0 radical (unpaired) electrons. The minimum Gasteiger partial charge on any atom is -0.343 e. The third-order valence-electron chi connectivity index (χ3n) is 4.52. The van der Waals surface area contributed by atoms with Crippen LogP contribution in [0.25, 0.3) is 0 Å². The van der Waals surface area contributed by atoms with E-state index >= 15 is 0 Å². The van der Waals surface area contributed by atoms with Crippen LogP contribution in [0.5, 0.6) is 0 Å². The summed E-state index contributed by atoms with van der Waals surface area (Å²) in [6.45, 7) is 13.1. The Morgan fingerprint density at radius 1 is 1.00 bits per heavy atom. The number of hydrogen-bond donors (Lipinski definition) is 0. The summed E-state index contributed by atoms with van der Waals surface area (Å²) in [6.07, 6.45) is 4.42. The minimum atomic E-state index is 0.377. The van der Waals surface area contributed by atoms with Crippen LogP contribution in [0.15, 0.2) is 0 Å². The van der Waals surface area contributed by atoms with Gasteiger partial charge in [0.25, 0.3) is 0 Å². The second-order valence-corrected chi connectivity index (χ2v) is 5.21. The predicted molar refractivity (Wildman–Crippen MR) is 71.8 cm³/mol. The molecule has 0 aliphatic carbocycles. The topological polar surface area (TPSA) is 20.3 Å². The van der Waals surface area contributed by atoms with E-state index in [4.69, 9.17) is 0 Å². The normalized spacial score (nSPS) is 17.2. The van der Waals surface area contributed by atoms with Crippen molar-refractivity contribution in [3.05, 3.63) is 0 Å². The average Bonchev–Trinajstić information content (AvgIpc) is 2.41. The fraction of sp³-hybridized carbons (Fsp3) is 0.929. The van der Waals surface area contributed by atoms with Crippen LogP contribution in [0.3, 0.4) is 0 Å². The lowest BCUT2D eigenvalue weighted by molar-refractivity contribution is -0.922. The lowest BCUT2D eigenvalue weighted by Crippen LogP contribution is -2.49. The van der Waals surface area contributed by atoms with Crippen LogP contribution in [0, 0.1) is 0 Å². The van der Waals surface area contributed by atoms with Crippen molar-refractivity contribution in [1.82, 2.24) is 4.90 Å². The molecule has 0 spiro atoms. The van der Waals surface area contributed by atoms with Crippen molar-refractivity contribution >= 4 is 5.91 Å². The fourth-order valence-corrected chi connectivity index (χ4v) is 2.78. The number of rotatable bonds is 6. The molecule has 0 aromatic carbocycles. The van der Waals surface area contributed by atoms with Crippen LogP contribution < -0.4 is 0 Å². The Kier molecular flexibility index (Phi) is 5.96. The molecule has 0 atom stereocenters. The van der Waals surface area contributed by atoms with Gasteiger partial charge in [0.05, 0.1) is 32.6 Å². The summed E-state index contributed by atoms with van der Waals surface area (Å²) in [5, 5.41) is 0. The summed E-state index contributed by atoms with van der Waals surface area (Å²) in [7, 11) is 0. The molecule has 17 heavy (non-hydrogen) atoms. The van der Waals surface area contributed by atoms with Gasteiger partial charge in [0.2, 0.25) is 5.91 Å². The molecule has 1 fully saturated rings. The Morgan fingerprint density at radius 2 is 1.53 bits per heavy atom. The van der Waals surface area contributed by atoms with E-state index in [1.165, 1.54) is 19.3 Å². The minimum absolute atomic E-state index is 0.377. The van der Waals surface area contributed by atoms with Gasteiger partial charge in [0, 0.05) is 13.1 Å². The highest BCUT2D eigenvalue weighted by molar-refractivity contribution is 5.76. The number of likely N-dealkylation sites (tertiary alicyclic amines) is 1. The Morgan fingerprint density at radius 3 is 2.00 bits per heavy atom. The van der Waals surface area contributed by atoms with Gasteiger partial charge in [0.15, 0.2) is 0 Å². The molecule has 0 saturated carbocycles. The number of piperidine rings is 1. The predicted octanol–water partition coefficient (Wildman–Crippen LogP) is 2.27. The first-order chi connectivity index (χ1) is 8.17. The fourth-order valence-electron chi connectivity index (χ4n) is 2.78. The average molecular weight is 241 g/mol. The number of hydrogen-bond acceptors (Lipinski definition) is 1. The van der Waals surface area contributed by atoms with Crippen molar-refractivity contribution in [3.8, 4) is 0 Å². The summed E-state index contributed by atoms with van der Waals surface area (Å²) >= 11 is 0. The first-order valence-electron chi connectivity index (χ1n) is 7.30. The maximum Gasteiger partial charge on any atom is 0.228 e. The molecule has 3 nitrogen and oxygen atoms in total. The van der Waals surface area contributed by atoms with E-state index in [0.29, 0.717) is 5.91 Å². The van der Waals surface area contributed by atoms with Gasteiger partial charge < -0.3 is 9.38 Å². The summed E-state index contributed by atoms with van der Waals surface area (Å²) in [5.41, 5.74) is 0. The highest BCUT2D eigenvalue weighted by Crippen LogP contribution is 2.12. The molecule has 0 N–H and O–H groups in total. The largest absolute Gasteiger partial charge is 0.343 e. The second kappa shape index (κ2) is 7.00. The third-order valence-corrected chi connectivity index (χ3v) is 4.52. The molecule has 100 valence electrons. The van der Waals surface area contributed by atoms with Crippen LogP contribution in [0.2, 0.25) is 0 Å². The number of carbonyl (C=O) groups excluding carboxylic acids is 1. The third kappa shape index (κ3) is 3.98. The van der Waals surface area contributed by atoms with Crippen molar-refractivity contribution in [1.29, 1.82) is 0 Å². The van der Waals surface area contributed by atoms with Crippen molar-refractivity contribution in [3.63, 3.8) is 0 Å². The molecule has 1 aliphatic rings. The van der Waals surface area contributed by atoms with Gasteiger partial charge in [0.1, 0.15) is 0 Å². The van der Waals surface area contributed by atoms with E-state index in [9.17, 15) is 4.79 Å². The van der Waals surface area contributed by atoms with Gasteiger partial charge in [-0.25, -0.2) is 0 Å². The molecule has 1 saturated heterocycles. The van der Waals surface area contributed by atoms with E-state index in [1.54, 1.807) is 0 Å². The number of amides is 1. The van der Waals surface area contributed by atoms with Gasteiger partial charge >= 0.3 is 0 Å². The Balaban J connectivity index is 2.40. The lowest BCUT2D eigenvalue weighted by Gasteiger charge is -2.36. The summed E-state index contributed by atoms with van der Waals surface area (Å²) in [5.74, 6) is 0.377. The van der Waals surface area contributed by atoms with Gasteiger partial charge in [-0.3, -0.25) is 4.79 Å².